The molecule has 0 saturated carbocycles. The molecule has 5 unspecified atom stereocenters. The van der Waals surface area contributed by atoms with Gasteiger partial charge in [0, 0.05) is 0 Å². The molecule has 0 aliphatic heterocycles. The number of carboxylic acid groups (broad SMARTS) is 1. The van der Waals surface area contributed by atoms with Crippen molar-refractivity contribution in [2.45, 2.75) is 70.7 Å². The number of aliphatic hydroxyl groups is 1. The fourth-order valence-electron chi connectivity index (χ4n) is 2.45. The van der Waals surface area contributed by atoms with Gasteiger partial charge in [-0.1, -0.05) is 20.3 Å². The molecule has 11 nitrogen and oxygen atoms in total. The summed E-state index contributed by atoms with van der Waals surface area (Å²) in [6.07, 6.45) is 0.920. The quantitative estimate of drug-likeness (QED) is 0.158. The summed E-state index contributed by atoms with van der Waals surface area (Å²) in [7, 11) is 0. The minimum Gasteiger partial charge on any atom is -0.480 e. The fourth-order valence-corrected chi connectivity index (χ4v) is 2.45. The van der Waals surface area contributed by atoms with Crippen LogP contribution in [0, 0.1) is 5.92 Å². The van der Waals surface area contributed by atoms with E-state index in [-0.39, 0.29) is 12.3 Å². The van der Waals surface area contributed by atoms with Crippen LogP contribution in [0.3, 0.4) is 0 Å². The second kappa shape index (κ2) is 13.9. The Labute approximate surface area is 171 Å². The molecule has 11 heteroatoms. The van der Waals surface area contributed by atoms with Crippen molar-refractivity contribution < 1.29 is 29.4 Å². The molecule has 3 amide bonds. The summed E-state index contributed by atoms with van der Waals surface area (Å²) in [5.41, 5.74) is 10.9. The third kappa shape index (κ3) is 10.2. The van der Waals surface area contributed by atoms with Crippen molar-refractivity contribution >= 4 is 23.7 Å². The molecule has 29 heavy (non-hydrogen) atoms. The zero-order valence-corrected chi connectivity index (χ0v) is 17.3. The molecule has 9 N–H and O–H groups in total. The molecule has 0 aliphatic rings. The van der Waals surface area contributed by atoms with Crippen LogP contribution in [0.4, 0.5) is 0 Å². The van der Waals surface area contributed by atoms with Gasteiger partial charge in [0.25, 0.3) is 0 Å². The summed E-state index contributed by atoms with van der Waals surface area (Å²) in [6, 6.07) is -3.23. The molecule has 0 aromatic rings. The summed E-state index contributed by atoms with van der Waals surface area (Å²) >= 11 is 0. The second-order valence-corrected chi connectivity index (χ2v) is 7.10. The van der Waals surface area contributed by atoms with Gasteiger partial charge < -0.3 is 37.6 Å². The van der Waals surface area contributed by atoms with E-state index in [9.17, 15) is 29.4 Å². The molecule has 0 rings (SSSR count). The summed E-state index contributed by atoms with van der Waals surface area (Å²) in [4.78, 5) is 47.9. The number of carbonyl (C=O) groups excluding carboxylic acids is 3. The Hall–Kier alpha value is -2.24. The zero-order chi connectivity index (χ0) is 22.6. The molecule has 0 fully saturated rings. The van der Waals surface area contributed by atoms with Crippen LogP contribution in [-0.2, 0) is 19.2 Å². The second-order valence-electron chi connectivity index (χ2n) is 7.10. The Bertz CT molecular complexity index is 557. The van der Waals surface area contributed by atoms with Gasteiger partial charge in [-0.05, 0) is 38.6 Å². The zero-order valence-electron chi connectivity index (χ0n) is 17.3. The van der Waals surface area contributed by atoms with E-state index in [0.717, 1.165) is 0 Å². The maximum absolute atomic E-state index is 12.6. The number of amides is 3. The largest absolute Gasteiger partial charge is 0.480 e. The Balaban J connectivity index is 4.98. The molecule has 0 radical (unpaired) electrons. The minimum atomic E-state index is -1.18. The predicted octanol–water partition coefficient (Wildman–Crippen LogP) is -1.96. The molecule has 0 aromatic heterocycles. The van der Waals surface area contributed by atoms with Gasteiger partial charge in [-0.2, -0.15) is 0 Å². The lowest BCUT2D eigenvalue weighted by Crippen LogP contribution is -2.55. The van der Waals surface area contributed by atoms with Crippen molar-refractivity contribution in [3.8, 4) is 0 Å². The van der Waals surface area contributed by atoms with Gasteiger partial charge in [-0.3, -0.25) is 14.4 Å². The number of rotatable bonds is 14. The third-order valence-corrected chi connectivity index (χ3v) is 4.62. The lowest BCUT2D eigenvalue weighted by molar-refractivity contribution is -0.143. The van der Waals surface area contributed by atoms with Crippen molar-refractivity contribution in [2.75, 3.05) is 13.1 Å². The number of carboxylic acids is 1. The summed E-state index contributed by atoms with van der Waals surface area (Å²) in [5, 5.41) is 25.9. The van der Waals surface area contributed by atoms with Crippen molar-refractivity contribution in [1.82, 2.24) is 16.0 Å². The van der Waals surface area contributed by atoms with E-state index in [1.165, 1.54) is 6.92 Å². The molecule has 0 heterocycles. The van der Waals surface area contributed by atoms with Crippen LogP contribution in [0.15, 0.2) is 0 Å². The highest BCUT2D eigenvalue weighted by molar-refractivity contribution is 5.92. The van der Waals surface area contributed by atoms with E-state index in [4.69, 9.17) is 11.5 Å². The van der Waals surface area contributed by atoms with Crippen molar-refractivity contribution in [2.24, 2.45) is 17.4 Å². The van der Waals surface area contributed by atoms with E-state index < -0.39 is 54.5 Å². The number of carbonyl (C=O) groups is 4. The number of aliphatic hydroxyl groups excluding tert-OH is 1. The lowest BCUT2D eigenvalue weighted by atomic mass is 9.98. The van der Waals surface area contributed by atoms with Crippen LogP contribution in [0.2, 0.25) is 0 Å². The summed E-state index contributed by atoms with van der Waals surface area (Å²) < 4.78 is 0. The SMILES string of the molecule is CCC(C)C(NC(=O)C(CCCCN)NC(=O)CNC(=O)C(N)C(C)O)C(=O)O. The van der Waals surface area contributed by atoms with Crippen LogP contribution in [0.5, 0.6) is 0 Å². The molecule has 0 saturated heterocycles. The van der Waals surface area contributed by atoms with Crippen LogP contribution in [-0.4, -0.2) is 71.2 Å². The van der Waals surface area contributed by atoms with Gasteiger partial charge in [0.05, 0.1) is 12.6 Å². The first kappa shape index (κ1) is 26.8. The van der Waals surface area contributed by atoms with Gasteiger partial charge in [0.1, 0.15) is 18.1 Å². The first-order valence-corrected chi connectivity index (χ1v) is 9.79. The van der Waals surface area contributed by atoms with E-state index in [0.29, 0.717) is 25.8 Å². The molecule has 5 atom stereocenters. The number of nitrogens with one attached hydrogen (secondary N) is 3. The Morgan fingerprint density at radius 3 is 2.14 bits per heavy atom. The third-order valence-electron chi connectivity index (χ3n) is 4.62. The normalized spacial score (nSPS) is 16.1. The van der Waals surface area contributed by atoms with Crippen LogP contribution in [0.25, 0.3) is 0 Å². The van der Waals surface area contributed by atoms with Gasteiger partial charge >= 0.3 is 5.97 Å². The highest BCUT2D eigenvalue weighted by Gasteiger charge is 2.29. The molecule has 0 aliphatic carbocycles. The van der Waals surface area contributed by atoms with Gasteiger partial charge in [-0.15, -0.1) is 0 Å². The van der Waals surface area contributed by atoms with E-state index >= 15 is 0 Å². The number of hydrogen-bond donors (Lipinski definition) is 7. The Kier molecular flexibility index (Phi) is 12.8. The lowest BCUT2D eigenvalue weighted by Gasteiger charge is -2.24. The first-order valence-electron chi connectivity index (χ1n) is 9.79. The van der Waals surface area contributed by atoms with Crippen LogP contribution >= 0.6 is 0 Å². The summed E-state index contributed by atoms with van der Waals surface area (Å²) in [5.74, 6) is -3.41. The van der Waals surface area contributed by atoms with Gasteiger partial charge in [-0.25, -0.2) is 4.79 Å². The van der Waals surface area contributed by atoms with E-state index in [2.05, 4.69) is 16.0 Å². The molecule has 0 spiro atoms. The predicted molar refractivity (Wildman–Crippen MR) is 107 cm³/mol. The fraction of sp³-hybridized carbons (Fsp3) is 0.778. The molecule has 168 valence electrons. The number of hydrogen-bond acceptors (Lipinski definition) is 7. The van der Waals surface area contributed by atoms with Crippen molar-refractivity contribution in [3.05, 3.63) is 0 Å². The number of nitrogens with two attached hydrogens (primary N) is 2. The topological polar surface area (TPSA) is 197 Å². The standard InChI is InChI=1S/C18H35N5O6/c1-4-10(2)15(18(28)29)23-16(26)12(7-5-6-8-19)22-13(25)9-21-17(27)14(20)11(3)24/h10-12,14-15,24H,4-9,19-20H2,1-3H3,(H,21,27)(H,22,25)(H,23,26)(H,28,29). The molecule has 0 bridgehead atoms. The van der Waals surface area contributed by atoms with E-state index in [1.54, 1.807) is 6.92 Å². The minimum absolute atomic E-state index is 0.267. The average molecular weight is 418 g/mol. The van der Waals surface area contributed by atoms with Crippen LogP contribution in [0.1, 0.15) is 46.5 Å². The molecule has 0 aromatic carbocycles. The van der Waals surface area contributed by atoms with Crippen LogP contribution < -0.4 is 27.4 Å². The Morgan fingerprint density at radius 2 is 1.66 bits per heavy atom. The number of unbranched alkanes of at least 4 members (excludes halogenated alkanes) is 1. The van der Waals surface area contributed by atoms with Crippen molar-refractivity contribution in [3.63, 3.8) is 0 Å². The summed E-state index contributed by atoms with van der Waals surface area (Å²) in [6.45, 7) is 4.85. The first-order chi connectivity index (χ1) is 13.5. The van der Waals surface area contributed by atoms with Crippen molar-refractivity contribution in [1.29, 1.82) is 0 Å². The average Bonchev–Trinajstić information content (AvgIpc) is 2.67. The van der Waals surface area contributed by atoms with E-state index in [1.807, 2.05) is 6.92 Å². The molecular weight excluding hydrogens is 382 g/mol. The maximum atomic E-state index is 12.6. The molecular formula is C18H35N5O6. The highest BCUT2D eigenvalue weighted by Crippen LogP contribution is 2.09. The monoisotopic (exact) mass is 417 g/mol. The highest BCUT2D eigenvalue weighted by atomic mass is 16.4. The van der Waals surface area contributed by atoms with Gasteiger partial charge in [0.2, 0.25) is 17.7 Å². The maximum Gasteiger partial charge on any atom is 0.326 e. The number of aliphatic carboxylic acids is 1. The Morgan fingerprint density at radius 1 is 1.03 bits per heavy atom. The van der Waals surface area contributed by atoms with Gasteiger partial charge in [0.15, 0.2) is 0 Å². The smallest absolute Gasteiger partial charge is 0.326 e.